The first kappa shape index (κ1) is 12.0. The molecule has 0 radical (unpaired) electrons. The van der Waals surface area contributed by atoms with Crippen molar-refractivity contribution in [2.24, 2.45) is 0 Å². The summed E-state index contributed by atoms with van der Waals surface area (Å²) in [6, 6.07) is 7.40. The molecule has 0 atom stereocenters. The minimum absolute atomic E-state index is 0.634. The lowest BCUT2D eigenvalue weighted by Crippen LogP contribution is -2.08. The molecule has 1 aromatic heterocycles. The van der Waals surface area contributed by atoms with Crippen LogP contribution in [0.5, 0.6) is 0 Å². The number of rotatable bonds is 3. The van der Waals surface area contributed by atoms with E-state index in [-0.39, 0.29) is 0 Å². The van der Waals surface area contributed by atoms with Crippen molar-refractivity contribution in [2.75, 3.05) is 5.32 Å². The molecule has 4 rings (SSSR count). The van der Waals surface area contributed by atoms with Gasteiger partial charge in [-0.05, 0) is 55.4 Å². The first-order chi connectivity index (χ1) is 9.90. The predicted octanol–water partition coefficient (Wildman–Crippen LogP) is 4.23. The monoisotopic (exact) mass is 267 g/mol. The van der Waals surface area contributed by atoms with Crippen LogP contribution in [-0.4, -0.2) is 9.55 Å². The molecule has 2 aliphatic carbocycles. The van der Waals surface area contributed by atoms with E-state index in [0.29, 0.717) is 6.04 Å². The van der Waals surface area contributed by atoms with E-state index in [1.54, 1.807) is 0 Å². The number of fused-ring (bicyclic) bond motifs is 1. The van der Waals surface area contributed by atoms with Crippen LogP contribution in [0.15, 0.2) is 30.6 Å². The lowest BCUT2D eigenvalue weighted by atomic mass is 10.1. The van der Waals surface area contributed by atoms with Crippen molar-refractivity contribution >= 4 is 11.6 Å². The maximum Gasteiger partial charge on any atom is 0.207 e. The summed E-state index contributed by atoms with van der Waals surface area (Å²) in [6.07, 6.45) is 13.1. The number of hydrogen-bond donors (Lipinski definition) is 1. The molecular formula is C17H21N3. The van der Waals surface area contributed by atoms with Crippen LogP contribution in [0, 0.1) is 0 Å². The summed E-state index contributed by atoms with van der Waals surface area (Å²) in [6.45, 7) is 0. The highest BCUT2D eigenvalue weighted by atomic mass is 15.2. The Kier molecular flexibility index (Phi) is 2.98. The molecule has 3 nitrogen and oxygen atoms in total. The molecule has 1 aromatic carbocycles. The molecule has 0 amide bonds. The zero-order chi connectivity index (χ0) is 13.4. The van der Waals surface area contributed by atoms with E-state index in [4.69, 9.17) is 0 Å². The van der Waals surface area contributed by atoms with E-state index < -0.39 is 0 Å². The van der Waals surface area contributed by atoms with Crippen LogP contribution >= 0.6 is 0 Å². The van der Waals surface area contributed by atoms with Crippen molar-refractivity contribution in [3.05, 3.63) is 41.7 Å². The van der Waals surface area contributed by atoms with Gasteiger partial charge in [-0.25, -0.2) is 4.98 Å². The minimum Gasteiger partial charge on any atom is -0.326 e. The molecule has 0 aliphatic heterocycles. The second-order valence-corrected chi connectivity index (χ2v) is 6.06. The number of aryl methyl sites for hydroxylation is 2. The third-order valence-electron chi connectivity index (χ3n) is 4.74. The zero-order valence-corrected chi connectivity index (χ0v) is 11.8. The number of nitrogens with one attached hydrogen (secondary N) is 1. The second-order valence-electron chi connectivity index (χ2n) is 6.06. The Balaban J connectivity index is 1.58. The maximum atomic E-state index is 4.50. The van der Waals surface area contributed by atoms with Gasteiger partial charge >= 0.3 is 0 Å². The molecule has 20 heavy (non-hydrogen) atoms. The van der Waals surface area contributed by atoms with E-state index in [1.165, 1.54) is 61.8 Å². The summed E-state index contributed by atoms with van der Waals surface area (Å²) in [5.74, 6) is 0.995. The van der Waals surface area contributed by atoms with Crippen LogP contribution < -0.4 is 5.32 Å². The number of nitrogens with zero attached hydrogens (tertiary/aromatic N) is 2. The first-order valence-electron chi connectivity index (χ1n) is 7.82. The number of benzene rings is 1. The highest BCUT2D eigenvalue weighted by Crippen LogP contribution is 2.33. The molecule has 0 unspecified atom stereocenters. The van der Waals surface area contributed by atoms with Crippen molar-refractivity contribution in [1.29, 1.82) is 0 Å². The van der Waals surface area contributed by atoms with Crippen LogP contribution in [0.2, 0.25) is 0 Å². The van der Waals surface area contributed by atoms with E-state index in [9.17, 15) is 0 Å². The third kappa shape index (κ3) is 2.11. The van der Waals surface area contributed by atoms with Crippen molar-refractivity contribution in [2.45, 2.75) is 51.0 Å². The van der Waals surface area contributed by atoms with Gasteiger partial charge in [-0.3, -0.25) is 0 Å². The normalized spacial score (nSPS) is 18.4. The maximum absolute atomic E-state index is 4.50. The Morgan fingerprint density at radius 3 is 2.80 bits per heavy atom. The Hall–Kier alpha value is -1.77. The van der Waals surface area contributed by atoms with Crippen molar-refractivity contribution in [3.63, 3.8) is 0 Å². The quantitative estimate of drug-likeness (QED) is 0.902. The molecule has 2 aliphatic rings. The van der Waals surface area contributed by atoms with Gasteiger partial charge in [0.15, 0.2) is 0 Å². The van der Waals surface area contributed by atoms with E-state index in [2.05, 4.69) is 39.3 Å². The summed E-state index contributed by atoms with van der Waals surface area (Å²) in [7, 11) is 0. The second kappa shape index (κ2) is 4.97. The Morgan fingerprint density at radius 2 is 1.90 bits per heavy atom. The zero-order valence-electron chi connectivity index (χ0n) is 11.8. The number of hydrogen-bond acceptors (Lipinski definition) is 2. The fraction of sp³-hybridized carbons (Fsp3) is 0.471. The number of anilines is 2. The molecule has 1 heterocycles. The number of aromatic nitrogens is 2. The summed E-state index contributed by atoms with van der Waals surface area (Å²) >= 11 is 0. The van der Waals surface area contributed by atoms with Gasteiger partial charge in [-0.15, -0.1) is 0 Å². The molecule has 104 valence electrons. The van der Waals surface area contributed by atoms with E-state index >= 15 is 0 Å². The minimum atomic E-state index is 0.634. The van der Waals surface area contributed by atoms with Crippen molar-refractivity contribution < 1.29 is 0 Å². The standard InChI is InChI=1S/C17H21N3/c1-2-7-16(6-1)20-11-10-18-17(20)19-15-9-8-13-4-3-5-14(13)12-15/h8-12,16H,1-7H2,(H,18,19). The van der Waals surface area contributed by atoms with Gasteiger partial charge in [0, 0.05) is 24.1 Å². The van der Waals surface area contributed by atoms with Gasteiger partial charge in [0.05, 0.1) is 0 Å². The third-order valence-corrected chi connectivity index (χ3v) is 4.74. The Bertz CT molecular complexity index is 608. The topological polar surface area (TPSA) is 29.9 Å². The highest BCUT2D eigenvalue weighted by molar-refractivity contribution is 5.57. The molecule has 0 bridgehead atoms. The van der Waals surface area contributed by atoms with Gasteiger partial charge in [-0.1, -0.05) is 18.9 Å². The van der Waals surface area contributed by atoms with Crippen LogP contribution in [-0.2, 0) is 12.8 Å². The Labute approximate surface area is 120 Å². The average molecular weight is 267 g/mol. The van der Waals surface area contributed by atoms with Gasteiger partial charge < -0.3 is 9.88 Å². The van der Waals surface area contributed by atoms with Gasteiger partial charge in [-0.2, -0.15) is 0 Å². The highest BCUT2D eigenvalue weighted by Gasteiger charge is 2.19. The summed E-state index contributed by atoms with van der Waals surface area (Å²) < 4.78 is 2.32. The first-order valence-corrected chi connectivity index (χ1v) is 7.82. The predicted molar refractivity (Wildman–Crippen MR) is 81.5 cm³/mol. The molecule has 1 saturated carbocycles. The van der Waals surface area contributed by atoms with Crippen LogP contribution in [0.4, 0.5) is 11.6 Å². The summed E-state index contributed by atoms with van der Waals surface area (Å²) in [4.78, 5) is 4.50. The summed E-state index contributed by atoms with van der Waals surface area (Å²) in [5, 5.41) is 3.51. The largest absolute Gasteiger partial charge is 0.326 e. The van der Waals surface area contributed by atoms with Gasteiger partial charge in [0.2, 0.25) is 5.95 Å². The van der Waals surface area contributed by atoms with Crippen LogP contribution in [0.1, 0.15) is 49.3 Å². The van der Waals surface area contributed by atoms with Gasteiger partial charge in [0.25, 0.3) is 0 Å². The molecule has 2 aromatic rings. The SMILES string of the molecule is c1cn(C2CCCC2)c(Nc2ccc3c(c2)CCC3)n1. The molecular weight excluding hydrogens is 246 g/mol. The Morgan fingerprint density at radius 1 is 1.05 bits per heavy atom. The molecule has 0 saturated heterocycles. The summed E-state index contributed by atoms with van der Waals surface area (Å²) in [5.41, 5.74) is 4.21. The van der Waals surface area contributed by atoms with Crippen molar-refractivity contribution in [1.82, 2.24) is 9.55 Å². The lowest BCUT2D eigenvalue weighted by Gasteiger charge is -2.16. The fourth-order valence-electron chi connectivity index (χ4n) is 3.67. The fourth-order valence-corrected chi connectivity index (χ4v) is 3.67. The molecule has 1 N–H and O–H groups in total. The number of imidazole rings is 1. The van der Waals surface area contributed by atoms with E-state index in [0.717, 1.165) is 5.95 Å². The average Bonchev–Trinajstić information content (AvgIpc) is 3.19. The van der Waals surface area contributed by atoms with Crippen LogP contribution in [0.25, 0.3) is 0 Å². The lowest BCUT2D eigenvalue weighted by molar-refractivity contribution is 0.525. The molecule has 1 fully saturated rings. The smallest absolute Gasteiger partial charge is 0.207 e. The van der Waals surface area contributed by atoms with Crippen LogP contribution in [0.3, 0.4) is 0 Å². The van der Waals surface area contributed by atoms with E-state index in [1.807, 2.05) is 6.20 Å². The van der Waals surface area contributed by atoms with Crippen molar-refractivity contribution in [3.8, 4) is 0 Å². The molecule has 0 spiro atoms. The molecule has 3 heteroatoms. The van der Waals surface area contributed by atoms with Gasteiger partial charge in [0.1, 0.15) is 0 Å².